The Balaban J connectivity index is 0.00000196. The summed E-state index contributed by atoms with van der Waals surface area (Å²) >= 11 is 0. The first kappa shape index (κ1) is 14.2. The highest BCUT2D eigenvalue weighted by molar-refractivity contribution is 5.85. The minimum atomic E-state index is -4.48. The molecule has 0 unspecified atom stereocenters. The van der Waals surface area contributed by atoms with Crippen molar-refractivity contribution >= 4 is 12.4 Å². The van der Waals surface area contributed by atoms with Gasteiger partial charge in [0.2, 0.25) is 0 Å². The molecule has 0 saturated carbocycles. The first-order chi connectivity index (χ1) is 6.46. The fraction of sp³-hybridized carbons (Fsp3) is 0.333. The molecular weight excluding hydrogens is 234 g/mol. The van der Waals surface area contributed by atoms with Crippen LogP contribution >= 0.6 is 12.4 Å². The maximum Gasteiger partial charge on any atom is 0.416 e. The number of alkyl halides is 4. The third-order valence-corrected chi connectivity index (χ3v) is 1.83. The summed E-state index contributed by atoms with van der Waals surface area (Å²) in [5.41, 5.74) is 4.14. The number of halogens is 5. The van der Waals surface area contributed by atoms with Gasteiger partial charge in [0.15, 0.2) is 0 Å². The predicted molar refractivity (Wildman–Crippen MR) is 51.6 cm³/mol. The molecule has 2 N–H and O–H groups in total. The summed E-state index contributed by atoms with van der Waals surface area (Å²) in [5, 5.41) is 0. The van der Waals surface area contributed by atoms with Crippen LogP contribution in [0.1, 0.15) is 17.2 Å². The lowest BCUT2D eigenvalue weighted by Gasteiger charge is -2.15. The monoisotopic (exact) mass is 243 g/mol. The molecule has 0 saturated heterocycles. The van der Waals surface area contributed by atoms with E-state index in [1.54, 1.807) is 0 Å². The van der Waals surface area contributed by atoms with Gasteiger partial charge >= 0.3 is 6.18 Å². The Morgan fingerprint density at radius 3 is 2.20 bits per heavy atom. The van der Waals surface area contributed by atoms with E-state index in [1.165, 1.54) is 18.2 Å². The zero-order valence-electron chi connectivity index (χ0n) is 7.59. The molecule has 0 aliphatic carbocycles. The average Bonchev–Trinajstić information content (AvgIpc) is 2.15. The largest absolute Gasteiger partial charge is 0.416 e. The molecule has 1 rings (SSSR count). The van der Waals surface area contributed by atoms with Gasteiger partial charge in [0.25, 0.3) is 0 Å². The molecule has 1 aromatic carbocycles. The van der Waals surface area contributed by atoms with Crippen LogP contribution in [0.2, 0.25) is 0 Å². The Kier molecular flexibility index (Phi) is 5.03. The molecule has 0 aromatic heterocycles. The van der Waals surface area contributed by atoms with Crippen molar-refractivity contribution in [1.29, 1.82) is 0 Å². The summed E-state index contributed by atoms with van der Waals surface area (Å²) in [5.74, 6) is 0. The first-order valence-electron chi connectivity index (χ1n) is 3.94. The van der Waals surface area contributed by atoms with Gasteiger partial charge in [-0.2, -0.15) is 13.2 Å². The number of rotatable bonds is 2. The van der Waals surface area contributed by atoms with E-state index in [1.807, 2.05) is 0 Å². The van der Waals surface area contributed by atoms with Gasteiger partial charge in [-0.05, 0) is 11.6 Å². The number of hydrogen-bond acceptors (Lipinski definition) is 1. The lowest BCUT2D eigenvalue weighted by atomic mass is 10.0. The molecule has 15 heavy (non-hydrogen) atoms. The topological polar surface area (TPSA) is 26.0 Å². The second-order valence-corrected chi connectivity index (χ2v) is 2.85. The van der Waals surface area contributed by atoms with Gasteiger partial charge in [0.05, 0.1) is 11.6 Å². The summed E-state index contributed by atoms with van der Waals surface area (Å²) in [7, 11) is 0. The van der Waals surface area contributed by atoms with E-state index in [4.69, 9.17) is 5.73 Å². The van der Waals surface area contributed by atoms with Crippen molar-refractivity contribution < 1.29 is 17.6 Å². The second-order valence-electron chi connectivity index (χ2n) is 2.85. The van der Waals surface area contributed by atoms with Crippen molar-refractivity contribution in [1.82, 2.24) is 0 Å². The molecular formula is C9H10ClF4N. The van der Waals surface area contributed by atoms with Crippen LogP contribution in [0.25, 0.3) is 0 Å². The van der Waals surface area contributed by atoms with Crippen LogP contribution in [0.15, 0.2) is 24.3 Å². The number of benzene rings is 1. The smallest absolute Gasteiger partial charge is 0.322 e. The van der Waals surface area contributed by atoms with Gasteiger partial charge < -0.3 is 5.73 Å². The summed E-state index contributed by atoms with van der Waals surface area (Å²) in [6.07, 6.45) is -4.48. The average molecular weight is 244 g/mol. The van der Waals surface area contributed by atoms with Crippen molar-refractivity contribution in [3.8, 4) is 0 Å². The Bertz CT molecular complexity index is 313. The molecule has 1 atom stereocenters. The number of hydrogen-bond donors (Lipinski definition) is 1. The van der Waals surface area contributed by atoms with E-state index < -0.39 is 24.5 Å². The highest BCUT2D eigenvalue weighted by atomic mass is 35.5. The van der Waals surface area contributed by atoms with Crippen molar-refractivity contribution in [2.24, 2.45) is 5.73 Å². The van der Waals surface area contributed by atoms with Crippen LogP contribution in [0.4, 0.5) is 17.6 Å². The SMILES string of the molecule is Cl.N[C@H](CF)c1ccccc1C(F)(F)F. The van der Waals surface area contributed by atoms with Gasteiger partial charge in [-0.3, -0.25) is 0 Å². The van der Waals surface area contributed by atoms with Crippen LogP contribution in [-0.4, -0.2) is 6.67 Å². The van der Waals surface area contributed by atoms with Gasteiger partial charge in [0.1, 0.15) is 6.67 Å². The second kappa shape index (κ2) is 5.32. The third kappa shape index (κ3) is 3.35. The quantitative estimate of drug-likeness (QED) is 0.794. The van der Waals surface area contributed by atoms with Crippen molar-refractivity contribution in [2.45, 2.75) is 12.2 Å². The minimum absolute atomic E-state index is 0. The van der Waals surface area contributed by atoms with Gasteiger partial charge in [-0.15, -0.1) is 12.4 Å². The van der Waals surface area contributed by atoms with Crippen LogP contribution < -0.4 is 5.73 Å². The Labute approximate surface area is 90.7 Å². The van der Waals surface area contributed by atoms with E-state index in [2.05, 4.69) is 0 Å². The van der Waals surface area contributed by atoms with Crippen molar-refractivity contribution in [3.05, 3.63) is 35.4 Å². The van der Waals surface area contributed by atoms with Crippen LogP contribution in [0.3, 0.4) is 0 Å². The summed E-state index contributed by atoms with van der Waals surface area (Å²) < 4.78 is 49.2. The number of nitrogens with two attached hydrogens (primary N) is 1. The molecule has 0 heterocycles. The van der Waals surface area contributed by atoms with E-state index in [0.29, 0.717) is 0 Å². The maximum atomic E-state index is 12.4. The molecule has 0 radical (unpaired) electrons. The molecule has 1 nitrogen and oxygen atoms in total. The Hall–Kier alpha value is -0.810. The molecule has 1 aromatic rings. The molecule has 0 spiro atoms. The first-order valence-corrected chi connectivity index (χ1v) is 3.94. The normalized spacial score (nSPS) is 13.1. The molecule has 86 valence electrons. The zero-order valence-corrected chi connectivity index (χ0v) is 8.41. The highest BCUT2D eigenvalue weighted by Gasteiger charge is 2.34. The third-order valence-electron chi connectivity index (χ3n) is 1.83. The summed E-state index contributed by atoms with van der Waals surface area (Å²) in [4.78, 5) is 0. The Morgan fingerprint density at radius 1 is 1.20 bits per heavy atom. The fourth-order valence-electron chi connectivity index (χ4n) is 1.16. The lowest BCUT2D eigenvalue weighted by molar-refractivity contribution is -0.138. The molecule has 0 aliphatic rings. The molecule has 0 bridgehead atoms. The zero-order chi connectivity index (χ0) is 10.8. The lowest BCUT2D eigenvalue weighted by Crippen LogP contribution is -2.18. The van der Waals surface area contributed by atoms with Crippen LogP contribution in [0, 0.1) is 0 Å². The molecule has 0 aliphatic heterocycles. The molecule has 0 fully saturated rings. The van der Waals surface area contributed by atoms with Gasteiger partial charge in [-0.1, -0.05) is 18.2 Å². The van der Waals surface area contributed by atoms with E-state index in [0.717, 1.165) is 6.07 Å². The van der Waals surface area contributed by atoms with E-state index in [-0.39, 0.29) is 18.0 Å². The van der Waals surface area contributed by atoms with E-state index in [9.17, 15) is 17.6 Å². The van der Waals surface area contributed by atoms with Gasteiger partial charge in [0, 0.05) is 0 Å². The maximum absolute atomic E-state index is 12.4. The fourth-order valence-corrected chi connectivity index (χ4v) is 1.16. The Morgan fingerprint density at radius 2 is 1.73 bits per heavy atom. The van der Waals surface area contributed by atoms with Gasteiger partial charge in [-0.25, -0.2) is 4.39 Å². The standard InChI is InChI=1S/C9H9F4N.ClH/c10-5-8(14)6-3-1-2-4-7(6)9(11,12)13;/h1-4,8H,5,14H2;1H/t8-;/m1./s1. The van der Waals surface area contributed by atoms with Crippen LogP contribution in [-0.2, 0) is 6.18 Å². The van der Waals surface area contributed by atoms with Crippen molar-refractivity contribution in [3.63, 3.8) is 0 Å². The molecule has 6 heteroatoms. The predicted octanol–water partition coefficient (Wildman–Crippen LogP) is 3.10. The summed E-state index contributed by atoms with van der Waals surface area (Å²) in [6, 6.07) is 3.52. The molecule has 0 amide bonds. The van der Waals surface area contributed by atoms with E-state index >= 15 is 0 Å². The minimum Gasteiger partial charge on any atom is -0.322 e. The highest BCUT2D eigenvalue weighted by Crippen LogP contribution is 2.33. The van der Waals surface area contributed by atoms with Crippen molar-refractivity contribution in [2.75, 3.05) is 6.67 Å². The van der Waals surface area contributed by atoms with Crippen LogP contribution in [0.5, 0.6) is 0 Å². The summed E-state index contributed by atoms with van der Waals surface area (Å²) in [6.45, 7) is -1.01.